The van der Waals surface area contributed by atoms with Gasteiger partial charge in [0.05, 0.1) is 0 Å². The molecule has 0 fully saturated rings. The molecular formula is C46H29NOS. The molecule has 0 aliphatic rings. The molecule has 0 saturated heterocycles. The minimum Gasteiger partial charge on any atom is -0.456 e. The normalized spacial score (nSPS) is 11.7. The Morgan fingerprint density at radius 3 is 1.96 bits per heavy atom. The number of thiophene rings is 1. The summed E-state index contributed by atoms with van der Waals surface area (Å²) >= 11 is 1.85. The van der Waals surface area contributed by atoms with E-state index in [0.29, 0.717) is 0 Å². The van der Waals surface area contributed by atoms with Gasteiger partial charge in [-0.15, -0.1) is 11.3 Å². The van der Waals surface area contributed by atoms with E-state index in [-0.39, 0.29) is 0 Å². The van der Waals surface area contributed by atoms with Gasteiger partial charge in [0.15, 0.2) is 0 Å². The smallest absolute Gasteiger partial charge is 0.136 e. The van der Waals surface area contributed by atoms with Gasteiger partial charge >= 0.3 is 0 Å². The number of rotatable bonds is 5. The maximum Gasteiger partial charge on any atom is 0.136 e. The van der Waals surface area contributed by atoms with E-state index >= 15 is 0 Å². The molecule has 0 bridgehead atoms. The second kappa shape index (κ2) is 11.2. The van der Waals surface area contributed by atoms with Gasteiger partial charge in [0.1, 0.15) is 11.2 Å². The lowest BCUT2D eigenvalue weighted by Crippen LogP contribution is -2.10. The number of hydrogen-bond donors (Lipinski definition) is 0. The minimum atomic E-state index is 0.909. The standard InChI is InChI=1S/C46H29NOS/c1-2-14-36-30(10-1)11-8-17-37(36)32-12-7-13-34(28-32)47(35-26-27-40-39-15-4-6-21-44(39)49-45(40)29-35)33-24-22-31(23-25-33)38-18-9-20-43-46(38)41-16-3-5-19-42(41)48-43/h1-29H. The van der Waals surface area contributed by atoms with Crippen LogP contribution in [-0.2, 0) is 0 Å². The highest BCUT2D eigenvalue weighted by atomic mass is 32.1. The first-order valence-electron chi connectivity index (χ1n) is 16.6. The summed E-state index contributed by atoms with van der Waals surface area (Å²) in [6.07, 6.45) is 0. The van der Waals surface area contributed by atoms with Crippen molar-refractivity contribution in [3.63, 3.8) is 0 Å². The van der Waals surface area contributed by atoms with Crippen molar-refractivity contribution in [3.05, 3.63) is 176 Å². The molecule has 2 aromatic heterocycles. The van der Waals surface area contributed by atoms with Crippen LogP contribution in [0.1, 0.15) is 0 Å². The van der Waals surface area contributed by atoms with Crippen LogP contribution in [-0.4, -0.2) is 0 Å². The summed E-state index contributed by atoms with van der Waals surface area (Å²) in [6, 6.07) is 63.3. The predicted molar refractivity (Wildman–Crippen MR) is 210 cm³/mol. The van der Waals surface area contributed by atoms with E-state index in [0.717, 1.165) is 44.6 Å². The molecule has 0 aliphatic heterocycles. The van der Waals surface area contributed by atoms with Crippen LogP contribution in [0.4, 0.5) is 17.1 Å². The monoisotopic (exact) mass is 643 g/mol. The molecule has 49 heavy (non-hydrogen) atoms. The predicted octanol–water partition coefficient (Wildman–Crippen LogP) is 13.9. The van der Waals surface area contributed by atoms with Gasteiger partial charge in [-0.25, -0.2) is 0 Å². The first-order valence-corrected chi connectivity index (χ1v) is 17.4. The zero-order chi connectivity index (χ0) is 32.3. The van der Waals surface area contributed by atoms with E-state index in [4.69, 9.17) is 4.42 Å². The van der Waals surface area contributed by atoms with E-state index in [2.05, 4.69) is 169 Å². The molecule has 2 heterocycles. The van der Waals surface area contributed by atoms with Crippen molar-refractivity contribution in [2.45, 2.75) is 0 Å². The molecule has 230 valence electrons. The summed E-state index contributed by atoms with van der Waals surface area (Å²) in [5.41, 5.74) is 9.92. The van der Waals surface area contributed by atoms with Gasteiger partial charge in [-0.05, 0) is 87.6 Å². The van der Waals surface area contributed by atoms with Crippen LogP contribution in [0, 0.1) is 0 Å². The van der Waals surface area contributed by atoms with E-state index in [1.165, 1.54) is 47.6 Å². The van der Waals surface area contributed by atoms with Crippen LogP contribution < -0.4 is 4.90 Å². The summed E-state index contributed by atoms with van der Waals surface area (Å²) < 4.78 is 8.81. The van der Waals surface area contributed by atoms with E-state index < -0.39 is 0 Å². The Labute approximate surface area is 287 Å². The molecule has 2 nitrogen and oxygen atoms in total. The highest BCUT2D eigenvalue weighted by molar-refractivity contribution is 7.25. The van der Waals surface area contributed by atoms with Crippen molar-refractivity contribution >= 4 is 81.3 Å². The lowest BCUT2D eigenvalue weighted by atomic mass is 9.97. The zero-order valence-electron chi connectivity index (χ0n) is 26.5. The maximum absolute atomic E-state index is 6.22. The van der Waals surface area contributed by atoms with Gasteiger partial charge in [0.2, 0.25) is 0 Å². The average molecular weight is 644 g/mol. The Hall–Kier alpha value is -6.16. The number of furan rings is 1. The summed E-state index contributed by atoms with van der Waals surface area (Å²) in [4.78, 5) is 2.38. The Morgan fingerprint density at radius 1 is 0.388 bits per heavy atom. The molecule has 3 heteroatoms. The van der Waals surface area contributed by atoms with Gasteiger partial charge in [-0.3, -0.25) is 0 Å². The van der Waals surface area contributed by atoms with Crippen LogP contribution in [0.15, 0.2) is 180 Å². The molecule has 0 saturated carbocycles. The Morgan fingerprint density at radius 2 is 1.04 bits per heavy atom. The molecule has 0 amide bonds. The number of hydrogen-bond acceptors (Lipinski definition) is 3. The molecule has 0 spiro atoms. The van der Waals surface area contributed by atoms with Gasteiger partial charge < -0.3 is 9.32 Å². The third kappa shape index (κ3) is 4.62. The molecule has 8 aromatic carbocycles. The van der Waals surface area contributed by atoms with Crippen molar-refractivity contribution in [3.8, 4) is 22.3 Å². The van der Waals surface area contributed by atoms with Crippen LogP contribution in [0.3, 0.4) is 0 Å². The van der Waals surface area contributed by atoms with Crippen molar-refractivity contribution in [1.29, 1.82) is 0 Å². The Balaban J connectivity index is 1.14. The largest absolute Gasteiger partial charge is 0.456 e. The maximum atomic E-state index is 6.22. The fraction of sp³-hybridized carbons (Fsp3) is 0. The topological polar surface area (TPSA) is 16.4 Å². The summed E-state index contributed by atoms with van der Waals surface area (Å²) in [6.45, 7) is 0. The minimum absolute atomic E-state index is 0.909. The van der Waals surface area contributed by atoms with Crippen molar-refractivity contribution in [1.82, 2.24) is 0 Å². The molecule has 0 radical (unpaired) electrons. The highest BCUT2D eigenvalue weighted by Gasteiger charge is 2.18. The van der Waals surface area contributed by atoms with Crippen LogP contribution in [0.5, 0.6) is 0 Å². The molecule has 0 atom stereocenters. The third-order valence-electron chi connectivity index (χ3n) is 9.66. The Bertz CT molecular complexity index is 2840. The van der Waals surface area contributed by atoms with Crippen LogP contribution >= 0.6 is 11.3 Å². The number of anilines is 3. The van der Waals surface area contributed by atoms with E-state index in [1.807, 2.05) is 23.5 Å². The van der Waals surface area contributed by atoms with Crippen molar-refractivity contribution < 1.29 is 4.42 Å². The van der Waals surface area contributed by atoms with E-state index in [9.17, 15) is 0 Å². The second-order valence-corrected chi connectivity index (χ2v) is 13.6. The lowest BCUT2D eigenvalue weighted by Gasteiger charge is -2.26. The molecule has 10 rings (SSSR count). The summed E-state index contributed by atoms with van der Waals surface area (Å²) in [5.74, 6) is 0. The quantitative estimate of drug-likeness (QED) is 0.186. The highest BCUT2D eigenvalue weighted by Crippen LogP contribution is 2.43. The number of fused-ring (bicyclic) bond motifs is 7. The lowest BCUT2D eigenvalue weighted by molar-refractivity contribution is 0.669. The average Bonchev–Trinajstić information content (AvgIpc) is 3.73. The Kier molecular flexibility index (Phi) is 6.39. The fourth-order valence-electron chi connectivity index (χ4n) is 7.40. The molecular weight excluding hydrogens is 615 g/mol. The van der Waals surface area contributed by atoms with Gasteiger partial charge in [-0.2, -0.15) is 0 Å². The number of benzene rings is 8. The summed E-state index contributed by atoms with van der Waals surface area (Å²) in [7, 11) is 0. The van der Waals surface area contributed by atoms with Crippen LogP contribution in [0.25, 0.3) is 75.1 Å². The van der Waals surface area contributed by atoms with Crippen molar-refractivity contribution in [2.75, 3.05) is 4.90 Å². The molecule has 0 aliphatic carbocycles. The first-order chi connectivity index (χ1) is 24.3. The van der Waals surface area contributed by atoms with Gasteiger partial charge in [0.25, 0.3) is 0 Å². The third-order valence-corrected chi connectivity index (χ3v) is 10.8. The first kappa shape index (κ1) is 27.9. The van der Waals surface area contributed by atoms with E-state index in [1.54, 1.807) is 0 Å². The molecule has 0 N–H and O–H groups in total. The van der Waals surface area contributed by atoms with Gasteiger partial charge in [-0.1, -0.05) is 121 Å². The summed E-state index contributed by atoms with van der Waals surface area (Å²) in [5, 5.41) is 7.40. The molecule has 10 aromatic rings. The van der Waals surface area contributed by atoms with Crippen molar-refractivity contribution in [2.24, 2.45) is 0 Å². The second-order valence-electron chi connectivity index (χ2n) is 12.5. The fourth-order valence-corrected chi connectivity index (χ4v) is 8.53. The number of nitrogens with zero attached hydrogens (tertiary/aromatic N) is 1. The zero-order valence-corrected chi connectivity index (χ0v) is 27.3. The molecule has 0 unspecified atom stereocenters. The SMILES string of the molecule is c1cc(-c2cccc3ccccc23)cc(N(c2ccc(-c3cccc4oc5ccccc5c34)cc2)c2ccc3c(c2)sc2ccccc23)c1. The van der Waals surface area contributed by atoms with Crippen LogP contribution in [0.2, 0.25) is 0 Å². The van der Waals surface area contributed by atoms with Gasteiger partial charge in [0, 0.05) is 48.0 Å². The number of para-hydroxylation sites is 1.